The summed E-state index contributed by atoms with van der Waals surface area (Å²) in [4.78, 5) is 22.2. The Balaban J connectivity index is 1.63. The molecule has 0 fully saturated rings. The summed E-state index contributed by atoms with van der Waals surface area (Å²) in [7, 11) is 0. The topological polar surface area (TPSA) is 102 Å². The average Bonchev–Trinajstić information content (AvgIpc) is 3.32. The first kappa shape index (κ1) is 25.4. The lowest BCUT2D eigenvalue weighted by atomic mass is 9.76. The quantitative estimate of drug-likeness (QED) is 0.291. The van der Waals surface area contributed by atoms with Crippen LogP contribution in [0, 0.1) is 20.8 Å². The summed E-state index contributed by atoms with van der Waals surface area (Å²) in [6.07, 6.45) is 1.66. The lowest BCUT2D eigenvalue weighted by molar-refractivity contribution is -0.119. The number of benzene rings is 2. The van der Waals surface area contributed by atoms with E-state index in [-0.39, 0.29) is 5.92 Å². The molecule has 5 rings (SSSR count). The van der Waals surface area contributed by atoms with E-state index in [0.717, 1.165) is 27.9 Å². The lowest BCUT2D eigenvalue weighted by Crippen LogP contribution is -2.29. The zero-order valence-electron chi connectivity index (χ0n) is 22.0. The molecule has 0 radical (unpaired) electrons. The Kier molecular flexibility index (Phi) is 6.59. The lowest BCUT2D eigenvalue weighted by Gasteiger charge is -2.27. The number of carbonyl (C=O) groups is 1. The smallest absolute Gasteiger partial charge is 0.227 e. The van der Waals surface area contributed by atoms with Gasteiger partial charge in [0.05, 0.1) is 11.6 Å². The van der Waals surface area contributed by atoms with Crippen LogP contribution < -0.4 is 5.73 Å². The fourth-order valence-electron chi connectivity index (χ4n) is 5.21. The van der Waals surface area contributed by atoms with Gasteiger partial charge in [-0.15, -0.1) is 0 Å². The summed E-state index contributed by atoms with van der Waals surface area (Å²) in [5, 5.41) is 11.4. The molecule has 3 N–H and O–H groups in total. The van der Waals surface area contributed by atoms with Gasteiger partial charge in [-0.25, -0.2) is 4.98 Å². The molecule has 3 heterocycles. The Bertz CT molecular complexity index is 1620. The molecule has 2 aromatic carbocycles. The summed E-state index contributed by atoms with van der Waals surface area (Å²) in [5.74, 6) is -1.15. The van der Waals surface area contributed by atoms with Crippen LogP contribution in [0.15, 0.2) is 89.5 Å². The summed E-state index contributed by atoms with van der Waals surface area (Å²) in [5.41, 5.74) is 12.0. The van der Waals surface area contributed by atoms with Gasteiger partial charge in [0.1, 0.15) is 16.9 Å². The molecular formula is C32H31N3O3. The van der Waals surface area contributed by atoms with E-state index in [1.807, 2.05) is 50.2 Å². The first-order valence-electron chi connectivity index (χ1n) is 12.6. The summed E-state index contributed by atoms with van der Waals surface area (Å²) in [6, 6.07) is 25.0. The maximum absolute atomic E-state index is 13.1. The molecule has 0 aliphatic heterocycles. The van der Waals surface area contributed by atoms with Gasteiger partial charge < -0.3 is 15.3 Å². The van der Waals surface area contributed by atoms with Crippen LogP contribution in [0.3, 0.4) is 0 Å². The number of primary amides is 1. The Morgan fingerprint density at radius 1 is 0.974 bits per heavy atom. The second kappa shape index (κ2) is 9.88. The third-order valence-electron chi connectivity index (χ3n) is 7.21. The van der Waals surface area contributed by atoms with Crippen LogP contribution >= 0.6 is 0 Å². The number of aliphatic hydroxyl groups is 1. The van der Waals surface area contributed by atoms with Crippen molar-refractivity contribution in [1.29, 1.82) is 0 Å². The van der Waals surface area contributed by atoms with Crippen LogP contribution in [0.1, 0.15) is 63.7 Å². The van der Waals surface area contributed by atoms with Crippen LogP contribution in [0.5, 0.6) is 0 Å². The number of fused-ring (bicyclic) bond motifs is 1. The third-order valence-corrected chi connectivity index (χ3v) is 7.21. The van der Waals surface area contributed by atoms with E-state index in [2.05, 4.69) is 30.1 Å². The number of carbonyl (C=O) groups excluding carboxylic acids is 1. The van der Waals surface area contributed by atoms with Crippen molar-refractivity contribution < 1.29 is 14.3 Å². The molecule has 3 aromatic heterocycles. The SMILES string of the molecule is Cc1ccc([C@H](c2ccccc2)C(C(N)=O)c2ccc3oc(C(C)(O)c4ccnc(C)c4)cc3n2)c(C)c1. The summed E-state index contributed by atoms with van der Waals surface area (Å²) in [6.45, 7) is 7.65. The van der Waals surface area contributed by atoms with E-state index in [0.29, 0.717) is 28.1 Å². The minimum atomic E-state index is -1.39. The predicted octanol–water partition coefficient (Wildman–Crippen LogP) is 5.80. The molecule has 0 aliphatic carbocycles. The van der Waals surface area contributed by atoms with E-state index in [9.17, 15) is 9.90 Å². The highest BCUT2D eigenvalue weighted by Crippen LogP contribution is 2.40. The number of aromatic nitrogens is 2. The van der Waals surface area contributed by atoms with Gasteiger partial charge in [0.2, 0.25) is 5.91 Å². The van der Waals surface area contributed by atoms with Gasteiger partial charge in [0, 0.05) is 23.9 Å². The van der Waals surface area contributed by atoms with Crippen molar-refractivity contribution in [2.45, 2.75) is 45.1 Å². The van der Waals surface area contributed by atoms with Crippen LogP contribution in [0.25, 0.3) is 11.1 Å². The van der Waals surface area contributed by atoms with Gasteiger partial charge in [-0.05, 0) is 74.2 Å². The Labute approximate surface area is 222 Å². The molecule has 0 saturated heterocycles. The van der Waals surface area contributed by atoms with Crippen molar-refractivity contribution in [2.24, 2.45) is 5.73 Å². The molecule has 6 heteroatoms. The van der Waals surface area contributed by atoms with E-state index < -0.39 is 17.4 Å². The second-order valence-corrected chi connectivity index (χ2v) is 10.1. The first-order chi connectivity index (χ1) is 18.1. The van der Waals surface area contributed by atoms with Gasteiger partial charge in [0.15, 0.2) is 5.58 Å². The van der Waals surface area contributed by atoms with Gasteiger partial charge >= 0.3 is 0 Å². The fraction of sp³-hybridized carbons (Fsp3) is 0.219. The first-order valence-corrected chi connectivity index (χ1v) is 12.6. The Morgan fingerprint density at radius 2 is 1.74 bits per heavy atom. The van der Waals surface area contributed by atoms with Crippen molar-refractivity contribution in [3.63, 3.8) is 0 Å². The van der Waals surface area contributed by atoms with Crippen molar-refractivity contribution in [3.05, 3.63) is 130 Å². The minimum Gasteiger partial charge on any atom is -0.456 e. The van der Waals surface area contributed by atoms with Crippen molar-refractivity contribution >= 4 is 17.0 Å². The molecule has 1 amide bonds. The fourth-order valence-corrected chi connectivity index (χ4v) is 5.21. The standard InChI is InChI=1S/C32H31N3O3/c1-19-10-11-24(20(2)16-19)29(22-8-6-5-7-9-22)30(31(33)36)25-12-13-27-26(35-25)18-28(38-27)32(4,37)23-14-15-34-21(3)17-23/h5-18,29-30,37H,1-4H3,(H2,33,36)/t29-,30?,32?/m0/s1. The number of nitrogens with two attached hydrogens (primary N) is 1. The highest BCUT2D eigenvalue weighted by atomic mass is 16.4. The molecule has 0 bridgehead atoms. The number of nitrogens with zero attached hydrogens (tertiary/aromatic N) is 2. The van der Waals surface area contributed by atoms with Crippen LogP contribution in [0.4, 0.5) is 0 Å². The normalized spacial score (nSPS) is 14.7. The molecule has 0 spiro atoms. The van der Waals surface area contributed by atoms with E-state index in [1.54, 1.807) is 37.4 Å². The third kappa shape index (κ3) is 4.71. The van der Waals surface area contributed by atoms with Gasteiger partial charge in [-0.1, -0.05) is 54.1 Å². The zero-order valence-corrected chi connectivity index (χ0v) is 22.0. The van der Waals surface area contributed by atoms with Crippen LogP contribution in [-0.4, -0.2) is 21.0 Å². The number of hydrogen-bond donors (Lipinski definition) is 2. The Morgan fingerprint density at radius 3 is 2.42 bits per heavy atom. The molecule has 0 saturated carbocycles. The average molecular weight is 506 g/mol. The maximum Gasteiger partial charge on any atom is 0.227 e. The molecule has 5 aromatic rings. The number of rotatable bonds is 7. The van der Waals surface area contributed by atoms with Gasteiger partial charge in [-0.2, -0.15) is 0 Å². The van der Waals surface area contributed by atoms with Gasteiger partial charge in [0.25, 0.3) is 0 Å². The molecule has 0 aliphatic rings. The molecule has 38 heavy (non-hydrogen) atoms. The van der Waals surface area contributed by atoms with Crippen molar-refractivity contribution in [1.82, 2.24) is 9.97 Å². The predicted molar refractivity (Wildman–Crippen MR) is 148 cm³/mol. The number of aryl methyl sites for hydroxylation is 3. The van der Waals surface area contributed by atoms with E-state index in [1.165, 1.54) is 0 Å². The highest BCUT2D eigenvalue weighted by molar-refractivity contribution is 5.85. The maximum atomic E-state index is 13.1. The molecule has 3 atom stereocenters. The zero-order chi connectivity index (χ0) is 27.0. The number of amides is 1. The molecular weight excluding hydrogens is 474 g/mol. The number of furan rings is 1. The Hall–Kier alpha value is -4.29. The molecule has 6 nitrogen and oxygen atoms in total. The summed E-state index contributed by atoms with van der Waals surface area (Å²) >= 11 is 0. The van der Waals surface area contributed by atoms with Crippen LogP contribution in [0.2, 0.25) is 0 Å². The molecule has 2 unspecified atom stereocenters. The second-order valence-electron chi connectivity index (χ2n) is 10.1. The van der Waals surface area contributed by atoms with E-state index >= 15 is 0 Å². The molecule has 192 valence electrons. The summed E-state index contributed by atoms with van der Waals surface area (Å²) < 4.78 is 6.04. The van der Waals surface area contributed by atoms with Gasteiger partial charge in [-0.3, -0.25) is 9.78 Å². The monoisotopic (exact) mass is 505 g/mol. The van der Waals surface area contributed by atoms with Crippen molar-refractivity contribution in [2.75, 3.05) is 0 Å². The number of hydrogen-bond acceptors (Lipinski definition) is 5. The van der Waals surface area contributed by atoms with Crippen molar-refractivity contribution in [3.8, 4) is 0 Å². The minimum absolute atomic E-state index is 0.325. The largest absolute Gasteiger partial charge is 0.456 e. The highest BCUT2D eigenvalue weighted by Gasteiger charge is 2.34. The van der Waals surface area contributed by atoms with Crippen LogP contribution in [-0.2, 0) is 10.4 Å². The number of pyridine rings is 2. The van der Waals surface area contributed by atoms with E-state index in [4.69, 9.17) is 15.1 Å².